The molecule has 2 atom stereocenters. The van der Waals surface area contributed by atoms with Crippen molar-refractivity contribution in [3.63, 3.8) is 0 Å². The fourth-order valence-electron chi connectivity index (χ4n) is 4.97. The van der Waals surface area contributed by atoms with Gasteiger partial charge in [-0.25, -0.2) is 0 Å². The van der Waals surface area contributed by atoms with Crippen LogP contribution in [0.25, 0.3) is 0 Å². The molecule has 1 aromatic carbocycles. The van der Waals surface area contributed by atoms with Crippen molar-refractivity contribution < 1.29 is 4.79 Å². The maximum absolute atomic E-state index is 13.0. The number of hydrogen-bond donors (Lipinski definition) is 1. The SMILES string of the molecule is Cc1cccc2c1C1CCC2(NC(=O)c2cnn(C)c2Cl)C1(C)C. The third-order valence-electron chi connectivity index (χ3n) is 6.35. The van der Waals surface area contributed by atoms with E-state index in [0.29, 0.717) is 16.6 Å². The van der Waals surface area contributed by atoms with Gasteiger partial charge in [0.2, 0.25) is 0 Å². The van der Waals surface area contributed by atoms with Gasteiger partial charge in [-0.3, -0.25) is 9.48 Å². The molecule has 0 saturated heterocycles. The summed E-state index contributed by atoms with van der Waals surface area (Å²) < 4.78 is 1.52. The number of benzene rings is 1. The Morgan fingerprint density at radius 2 is 2.17 bits per heavy atom. The van der Waals surface area contributed by atoms with Crippen LogP contribution in [0.2, 0.25) is 5.15 Å². The monoisotopic (exact) mass is 343 g/mol. The van der Waals surface area contributed by atoms with Gasteiger partial charge in [-0.05, 0) is 47.8 Å². The zero-order valence-electron chi connectivity index (χ0n) is 14.5. The van der Waals surface area contributed by atoms with Crippen molar-refractivity contribution in [3.8, 4) is 0 Å². The van der Waals surface area contributed by atoms with Crippen LogP contribution >= 0.6 is 11.6 Å². The van der Waals surface area contributed by atoms with Crippen LogP contribution in [0.4, 0.5) is 0 Å². The topological polar surface area (TPSA) is 46.9 Å². The molecule has 0 radical (unpaired) electrons. The van der Waals surface area contributed by atoms with Crippen LogP contribution in [-0.2, 0) is 12.6 Å². The molecular weight excluding hydrogens is 322 g/mol. The van der Waals surface area contributed by atoms with E-state index in [0.717, 1.165) is 12.8 Å². The molecule has 2 bridgehead atoms. The van der Waals surface area contributed by atoms with Crippen molar-refractivity contribution in [2.45, 2.75) is 45.1 Å². The molecular formula is C19H22ClN3O. The average Bonchev–Trinajstić information content (AvgIpc) is 3.05. The summed E-state index contributed by atoms with van der Waals surface area (Å²) in [6.45, 7) is 6.72. The number of halogens is 1. The van der Waals surface area contributed by atoms with Crippen molar-refractivity contribution in [2.75, 3.05) is 0 Å². The van der Waals surface area contributed by atoms with Crippen molar-refractivity contribution >= 4 is 17.5 Å². The molecule has 1 amide bonds. The maximum atomic E-state index is 13.0. The minimum absolute atomic E-state index is 0.0220. The summed E-state index contributed by atoms with van der Waals surface area (Å²) in [6, 6.07) is 6.44. The van der Waals surface area contributed by atoms with E-state index in [1.165, 1.54) is 21.4 Å². The van der Waals surface area contributed by atoms with Gasteiger partial charge in [0.15, 0.2) is 0 Å². The zero-order valence-corrected chi connectivity index (χ0v) is 15.2. The first kappa shape index (κ1) is 15.7. The molecule has 2 unspecified atom stereocenters. The van der Waals surface area contributed by atoms with Crippen LogP contribution in [0, 0.1) is 12.3 Å². The highest BCUT2D eigenvalue weighted by Gasteiger charge is 2.63. The van der Waals surface area contributed by atoms with Gasteiger partial charge in [-0.1, -0.05) is 43.6 Å². The van der Waals surface area contributed by atoms with Crippen molar-refractivity contribution in [1.82, 2.24) is 15.1 Å². The largest absolute Gasteiger partial charge is 0.342 e. The van der Waals surface area contributed by atoms with Gasteiger partial charge >= 0.3 is 0 Å². The van der Waals surface area contributed by atoms with E-state index in [1.807, 2.05) is 0 Å². The second-order valence-electron chi connectivity index (χ2n) is 7.68. The Labute approximate surface area is 147 Å². The summed E-state index contributed by atoms with van der Waals surface area (Å²) in [7, 11) is 1.74. The van der Waals surface area contributed by atoms with E-state index >= 15 is 0 Å². The second kappa shape index (κ2) is 4.85. The van der Waals surface area contributed by atoms with Gasteiger partial charge < -0.3 is 5.32 Å². The Morgan fingerprint density at radius 1 is 1.42 bits per heavy atom. The Morgan fingerprint density at radius 3 is 2.83 bits per heavy atom. The van der Waals surface area contributed by atoms with E-state index in [2.05, 4.69) is 49.4 Å². The number of carbonyl (C=O) groups excluding carboxylic acids is 1. The van der Waals surface area contributed by atoms with Crippen molar-refractivity contribution in [3.05, 3.63) is 51.8 Å². The summed E-state index contributed by atoms with van der Waals surface area (Å²) in [6.07, 6.45) is 3.61. The molecule has 0 aliphatic heterocycles. The molecule has 2 aromatic rings. The van der Waals surface area contributed by atoms with Crippen LogP contribution in [-0.4, -0.2) is 15.7 Å². The molecule has 1 fully saturated rings. The van der Waals surface area contributed by atoms with Crippen LogP contribution in [0.1, 0.15) is 59.7 Å². The molecule has 4 rings (SSSR count). The summed E-state index contributed by atoms with van der Waals surface area (Å²) >= 11 is 6.22. The van der Waals surface area contributed by atoms with Crippen LogP contribution in [0.3, 0.4) is 0 Å². The van der Waals surface area contributed by atoms with Gasteiger partial charge in [0.05, 0.1) is 17.3 Å². The second-order valence-corrected chi connectivity index (χ2v) is 8.04. The van der Waals surface area contributed by atoms with Gasteiger partial charge in [-0.2, -0.15) is 5.10 Å². The first-order valence-electron chi connectivity index (χ1n) is 8.39. The molecule has 1 N–H and O–H groups in total. The van der Waals surface area contributed by atoms with E-state index in [9.17, 15) is 4.79 Å². The summed E-state index contributed by atoms with van der Waals surface area (Å²) in [5.74, 6) is 0.342. The van der Waals surface area contributed by atoms with Gasteiger partial charge in [0, 0.05) is 7.05 Å². The lowest BCUT2D eigenvalue weighted by atomic mass is 9.74. The minimum atomic E-state index is -0.338. The number of nitrogens with zero attached hydrogens (tertiary/aromatic N) is 2. The molecule has 5 heteroatoms. The lowest BCUT2D eigenvalue weighted by Crippen LogP contribution is -2.51. The highest BCUT2D eigenvalue weighted by Crippen LogP contribution is 2.67. The first-order valence-corrected chi connectivity index (χ1v) is 8.77. The molecule has 4 nitrogen and oxygen atoms in total. The van der Waals surface area contributed by atoms with Gasteiger partial charge in [0.1, 0.15) is 5.15 Å². The molecule has 0 spiro atoms. The lowest BCUT2D eigenvalue weighted by Gasteiger charge is -2.39. The average molecular weight is 344 g/mol. The number of amides is 1. The molecule has 2 aliphatic rings. The Kier molecular flexibility index (Phi) is 3.17. The molecule has 1 saturated carbocycles. The molecule has 2 aliphatic carbocycles. The summed E-state index contributed by atoms with van der Waals surface area (Å²) in [4.78, 5) is 13.0. The molecule has 24 heavy (non-hydrogen) atoms. The third kappa shape index (κ3) is 1.75. The molecule has 1 heterocycles. The summed E-state index contributed by atoms with van der Waals surface area (Å²) in [5, 5.41) is 7.81. The number of nitrogens with one attached hydrogen (secondary N) is 1. The fourth-order valence-corrected chi connectivity index (χ4v) is 5.15. The lowest BCUT2D eigenvalue weighted by molar-refractivity contribution is 0.0809. The predicted octanol–water partition coefficient (Wildman–Crippen LogP) is 3.92. The standard InChI is InChI=1S/C19H22ClN3O/c1-11-6-5-7-14-15(11)13-8-9-19(14,18(13,2)3)22-17(24)12-10-21-23(4)16(12)20/h5-7,10,13H,8-9H2,1-4H3,(H,22,24). The third-order valence-corrected chi connectivity index (χ3v) is 6.80. The van der Waals surface area contributed by atoms with E-state index in [1.54, 1.807) is 13.2 Å². The zero-order chi connectivity index (χ0) is 17.3. The van der Waals surface area contributed by atoms with Crippen LogP contribution in [0.15, 0.2) is 24.4 Å². The Hall–Kier alpha value is -1.81. The highest BCUT2D eigenvalue weighted by molar-refractivity contribution is 6.32. The van der Waals surface area contributed by atoms with Gasteiger partial charge in [-0.15, -0.1) is 0 Å². The van der Waals surface area contributed by atoms with Crippen LogP contribution < -0.4 is 5.32 Å². The van der Waals surface area contributed by atoms with Crippen molar-refractivity contribution in [2.24, 2.45) is 12.5 Å². The molecule has 1 aromatic heterocycles. The maximum Gasteiger partial charge on any atom is 0.256 e. The summed E-state index contributed by atoms with van der Waals surface area (Å²) in [5.41, 5.74) is 4.10. The van der Waals surface area contributed by atoms with Crippen molar-refractivity contribution in [1.29, 1.82) is 0 Å². The van der Waals surface area contributed by atoms with Gasteiger partial charge in [0.25, 0.3) is 5.91 Å². The predicted molar refractivity (Wildman–Crippen MR) is 94.3 cm³/mol. The normalized spacial score (nSPS) is 26.5. The number of aryl methyl sites for hydroxylation is 2. The number of aromatic nitrogens is 2. The molecule has 126 valence electrons. The highest BCUT2D eigenvalue weighted by atomic mass is 35.5. The Bertz CT molecular complexity index is 854. The fraction of sp³-hybridized carbons (Fsp3) is 0.474. The smallest absolute Gasteiger partial charge is 0.256 e. The quantitative estimate of drug-likeness (QED) is 0.898. The Balaban J connectivity index is 1.81. The number of carbonyl (C=O) groups is 1. The number of hydrogen-bond acceptors (Lipinski definition) is 2. The van der Waals surface area contributed by atoms with E-state index in [-0.39, 0.29) is 16.9 Å². The van der Waals surface area contributed by atoms with Crippen LogP contribution in [0.5, 0.6) is 0 Å². The number of fused-ring (bicyclic) bond motifs is 5. The minimum Gasteiger partial charge on any atom is -0.342 e. The first-order chi connectivity index (χ1) is 11.3. The van der Waals surface area contributed by atoms with E-state index in [4.69, 9.17) is 11.6 Å². The number of rotatable bonds is 2. The van der Waals surface area contributed by atoms with E-state index < -0.39 is 0 Å².